The fourth-order valence-electron chi connectivity index (χ4n) is 1.74. The van der Waals surface area contributed by atoms with Crippen molar-refractivity contribution in [3.05, 3.63) is 59.1 Å². The zero-order chi connectivity index (χ0) is 14.5. The lowest BCUT2D eigenvalue weighted by Gasteiger charge is -2.15. The van der Waals surface area contributed by atoms with Crippen molar-refractivity contribution in [2.45, 2.75) is 20.0 Å². The molecule has 1 amide bonds. The number of benzene rings is 2. The fraction of sp³-hybridized carbons (Fsp3) is 0.188. The second-order valence-corrected chi connectivity index (χ2v) is 4.95. The summed E-state index contributed by atoms with van der Waals surface area (Å²) < 4.78 is 5.61. The number of nitrogens with one attached hydrogen (secondary N) is 1. The van der Waals surface area contributed by atoms with Crippen LogP contribution in [-0.4, -0.2) is 12.0 Å². The van der Waals surface area contributed by atoms with Gasteiger partial charge in [-0.1, -0.05) is 35.9 Å². The molecule has 2 aromatic rings. The molecular weight excluding hydrogens is 274 g/mol. The number of rotatable bonds is 4. The second-order valence-electron chi connectivity index (χ2n) is 4.55. The van der Waals surface area contributed by atoms with Crippen molar-refractivity contribution in [1.82, 2.24) is 0 Å². The lowest BCUT2D eigenvalue weighted by Crippen LogP contribution is -2.30. The molecular formula is C16H16ClNO2. The highest BCUT2D eigenvalue weighted by atomic mass is 35.5. The first kappa shape index (κ1) is 14.4. The number of hydrogen-bond acceptors (Lipinski definition) is 2. The van der Waals surface area contributed by atoms with E-state index >= 15 is 0 Å². The maximum Gasteiger partial charge on any atom is 0.265 e. The Hall–Kier alpha value is -2.00. The average molecular weight is 290 g/mol. The monoisotopic (exact) mass is 289 g/mol. The van der Waals surface area contributed by atoms with E-state index in [1.54, 1.807) is 19.1 Å². The zero-order valence-electron chi connectivity index (χ0n) is 11.4. The molecule has 0 saturated carbocycles. The molecule has 1 N–H and O–H groups in total. The third-order valence-corrected chi connectivity index (χ3v) is 3.13. The predicted molar refractivity (Wildman–Crippen MR) is 81.4 cm³/mol. The summed E-state index contributed by atoms with van der Waals surface area (Å²) in [4.78, 5) is 12.1. The van der Waals surface area contributed by atoms with Gasteiger partial charge in [-0.15, -0.1) is 0 Å². The van der Waals surface area contributed by atoms with E-state index < -0.39 is 6.10 Å². The minimum Gasteiger partial charge on any atom is -0.481 e. The molecule has 1 atom stereocenters. The average Bonchev–Trinajstić information content (AvgIpc) is 2.41. The van der Waals surface area contributed by atoms with Crippen LogP contribution >= 0.6 is 11.6 Å². The number of carbonyl (C=O) groups excluding carboxylic acids is 1. The number of halogens is 1. The Morgan fingerprint density at radius 3 is 2.65 bits per heavy atom. The van der Waals surface area contributed by atoms with E-state index in [1.807, 2.05) is 43.3 Å². The van der Waals surface area contributed by atoms with Crippen molar-refractivity contribution in [3.63, 3.8) is 0 Å². The minimum atomic E-state index is -0.604. The van der Waals surface area contributed by atoms with Crippen LogP contribution in [0.2, 0.25) is 5.02 Å². The van der Waals surface area contributed by atoms with Crippen LogP contribution in [-0.2, 0) is 4.79 Å². The Balaban J connectivity index is 2.01. The Kier molecular flexibility index (Phi) is 4.64. The maximum atomic E-state index is 12.1. The van der Waals surface area contributed by atoms with Gasteiger partial charge < -0.3 is 10.1 Å². The van der Waals surface area contributed by atoms with E-state index in [1.165, 1.54) is 0 Å². The highest BCUT2D eigenvalue weighted by molar-refractivity contribution is 6.33. The molecule has 20 heavy (non-hydrogen) atoms. The maximum absolute atomic E-state index is 12.1. The quantitative estimate of drug-likeness (QED) is 0.922. The Morgan fingerprint density at radius 1 is 1.20 bits per heavy atom. The van der Waals surface area contributed by atoms with Crippen LogP contribution in [0.4, 0.5) is 5.69 Å². The topological polar surface area (TPSA) is 38.3 Å². The summed E-state index contributed by atoms with van der Waals surface area (Å²) in [6.45, 7) is 3.68. The zero-order valence-corrected chi connectivity index (χ0v) is 12.1. The first-order valence-corrected chi connectivity index (χ1v) is 6.73. The number of carbonyl (C=O) groups is 1. The molecule has 0 unspecified atom stereocenters. The van der Waals surface area contributed by atoms with Gasteiger partial charge in [-0.3, -0.25) is 4.79 Å². The largest absolute Gasteiger partial charge is 0.481 e. The Labute approximate surface area is 123 Å². The molecule has 2 rings (SSSR count). The molecule has 3 nitrogen and oxygen atoms in total. The molecule has 0 saturated heterocycles. The smallest absolute Gasteiger partial charge is 0.265 e. The fourth-order valence-corrected chi connectivity index (χ4v) is 1.93. The van der Waals surface area contributed by atoms with Gasteiger partial charge in [0.05, 0.1) is 10.7 Å². The molecule has 0 spiro atoms. The van der Waals surface area contributed by atoms with Crippen molar-refractivity contribution >= 4 is 23.2 Å². The number of hydrogen-bond donors (Lipinski definition) is 1. The van der Waals surface area contributed by atoms with E-state index in [-0.39, 0.29) is 5.91 Å². The van der Waals surface area contributed by atoms with Crippen molar-refractivity contribution in [3.8, 4) is 5.75 Å². The van der Waals surface area contributed by atoms with Gasteiger partial charge in [-0.25, -0.2) is 0 Å². The van der Waals surface area contributed by atoms with Crippen molar-refractivity contribution in [2.24, 2.45) is 0 Å². The summed E-state index contributed by atoms with van der Waals surface area (Å²) in [7, 11) is 0. The molecule has 4 heteroatoms. The summed E-state index contributed by atoms with van der Waals surface area (Å²) in [6.07, 6.45) is -0.604. The van der Waals surface area contributed by atoms with Gasteiger partial charge in [0.2, 0.25) is 0 Å². The van der Waals surface area contributed by atoms with Gasteiger partial charge in [0.25, 0.3) is 5.91 Å². The van der Waals surface area contributed by atoms with Crippen LogP contribution in [0, 0.1) is 6.92 Å². The van der Waals surface area contributed by atoms with Gasteiger partial charge in [0.15, 0.2) is 6.10 Å². The van der Waals surface area contributed by atoms with E-state index in [2.05, 4.69) is 5.32 Å². The number of para-hydroxylation sites is 1. The molecule has 0 fully saturated rings. The van der Waals surface area contributed by atoms with Crippen LogP contribution in [0.15, 0.2) is 48.5 Å². The van der Waals surface area contributed by atoms with Crippen LogP contribution in [0.25, 0.3) is 0 Å². The van der Waals surface area contributed by atoms with Gasteiger partial charge in [-0.05, 0) is 43.7 Å². The first-order chi connectivity index (χ1) is 9.56. The molecule has 0 radical (unpaired) electrons. The van der Waals surface area contributed by atoms with Crippen LogP contribution in [0.1, 0.15) is 12.5 Å². The van der Waals surface area contributed by atoms with Crippen molar-refractivity contribution in [2.75, 3.05) is 5.32 Å². The summed E-state index contributed by atoms with van der Waals surface area (Å²) >= 11 is 6.00. The van der Waals surface area contributed by atoms with Crippen LogP contribution < -0.4 is 10.1 Å². The highest BCUT2D eigenvalue weighted by Crippen LogP contribution is 2.21. The summed E-state index contributed by atoms with van der Waals surface area (Å²) in [5, 5.41) is 3.25. The molecule has 0 aliphatic carbocycles. The van der Waals surface area contributed by atoms with E-state index in [0.29, 0.717) is 16.5 Å². The SMILES string of the molecule is Cc1cccc(O[C@H](C)C(=O)Nc2ccccc2Cl)c1. The lowest BCUT2D eigenvalue weighted by molar-refractivity contribution is -0.122. The van der Waals surface area contributed by atoms with Crippen LogP contribution in [0.3, 0.4) is 0 Å². The normalized spacial score (nSPS) is 11.8. The van der Waals surface area contributed by atoms with Gasteiger partial charge >= 0.3 is 0 Å². The number of anilines is 1. The van der Waals surface area contributed by atoms with Crippen molar-refractivity contribution < 1.29 is 9.53 Å². The lowest BCUT2D eigenvalue weighted by atomic mass is 10.2. The third kappa shape index (κ3) is 3.75. The van der Waals surface area contributed by atoms with Crippen LogP contribution in [0.5, 0.6) is 5.75 Å². The molecule has 0 heterocycles. The second kappa shape index (κ2) is 6.44. The first-order valence-electron chi connectivity index (χ1n) is 6.35. The molecule has 0 aliphatic heterocycles. The third-order valence-electron chi connectivity index (χ3n) is 2.80. The van der Waals surface area contributed by atoms with Gasteiger partial charge in [0, 0.05) is 0 Å². The minimum absolute atomic E-state index is 0.236. The standard InChI is InChI=1S/C16H16ClNO2/c1-11-6-5-7-13(10-11)20-12(2)16(19)18-15-9-4-3-8-14(15)17/h3-10,12H,1-2H3,(H,18,19)/t12-/m1/s1. The number of ether oxygens (including phenoxy) is 1. The Bertz CT molecular complexity index is 613. The highest BCUT2D eigenvalue weighted by Gasteiger charge is 2.15. The predicted octanol–water partition coefficient (Wildman–Crippen LogP) is 4.05. The van der Waals surface area contributed by atoms with Crippen molar-refractivity contribution in [1.29, 1.82) is 0 Å². The Morgan fingerprint density at radius 2 is 1.95 bits per heavy atom. The molecule has 104 valence electrons. The van der Waals surface area contributed by atoms with E-state index in [9.17, 15) is 4.79 Å². The summed E-state index contributed by atoms with van der Waals surface area (Å²) in [5.41, 5.74) is 1.67. The molecule has 0 aliphatic rings. The number of aryl methyl sites for hydroxylation is 1. The summed E-state index contributed by atoms with van der Waals surface area (Å²) in [6, 6.07) is 14.7. The van der Waals surface area contributed by atoms with Gasteiger partial charge in [-0.2, -0.15) is 0 Å². The number of amides is 1. The molecule has 2 aromatic carbocycles. The van der Waals surface area contributed by atoms with E-state index in [4.69, 9.17) is 16.3 Å². The van der Waals surface area contributed by atoms with E-state index in [0.717, 1.165) is 5.56 Å². The summed E-state index contributed by atoms with van der Waals surface area (Å²) in [5.74, 6) is 0.436. The molecule has 0 aromatic heterocycles. The molecule has 0 bridgehead atoms. The van der Waals surface area contributed by atoms with Gasteiger partial charge in [0.1, 0.15) is 5.75 Å².